The maximum absolute atomic E-state index is 14.8. The lowest BCUT2D eigenvalue weighted by Crippen LogP contribution is -2.40. The Balaban J connectivity index is 2.02. The van der Waals surface area contributed by atoms with Crippen molar-refractivity contribution in [3.8, 4) is 0 Å². The van der Waals surface area contributed by atoms with E-state index >= 15 is 0 Å². The Labute approximate surface area is 144 Å². The maximum atomic E-state index is 14.8. The number of anilines is 1. The van der Waals surface area contributed by atoms with Crippen LogP contribution in [-0.2, 0) is 10.2 Å². The minimum Gasteiger partial charge on any atom is -0.478 e. The molecule has 1 amide bonds. The van der Waals surface area contributed by atoms with E-state index < -0.39 is 33.5 Å². The van der Waals surface area contributed by atoms with Gasteiger partial charge in [-0.05, 0) is 30.4 Å². The summed E-state index contributed by atoms with van der Waals surface area (Å²) in [5.74, 6) is -2.65. The number of benzene rings is 1. The second-order valence-electron chi connectivity index (χ2n) is 6.51. The minimum atomic E-state index is -4.05. The Hall–Kier alpha value is -2.20. The lowest BCUT2D eigenvalue weighted by molar-refractivity contribution is 0.0691. The molecule has 2 atom stereocenters. The summed E-state index contributed by atoms with van der Waals surface area (Å²) in [7, 11) is -1.55. The number of amides is 1. The summed E-state index contributed by atoms with van der Waals surface area (Å²) in [5, 5.41) is 9.12. The lowest BCUT2D eigenvalue weighted by Gasteiger charge is -2.24. The molecule has 1 saturated carbocycles. The molecule has 136 valence electrons. The van der Waals surface area contributed by atoms with Gasteiger partial charge in [0.05, 0.1) is 16.8 Å². The summed E-state index contributed by atoms with van der Waals surface area (Å²) in [6, 6.07) is 2.11. The molecular weight excluding hydrogens is 353 g/mol. The van der Waals surface area contributed by atoms with Crippen LogP contribution in [0.4, 0.5) is 10.1 Å². The van der Waals surface area contributed by atoms with Gasteiger partial charge in [0.2, 0.25) is 0 Å². The number of piperidine rings is 1. The first-order chi connectivity index (χ1) is 11.6. The summed E-state index contributed by atoms with van der Waals surface area (Å²) in [5.41, 5.74) is -0.907. The molecule has 8 nitrogen and oxygen atoms in total. The molecule has 0 aromatic heterocycles. The van der Waals surface area contributed by atoms with E-state index in [0.717, 1.165) is 22.9 Å². The maximum Gasteiger partial charge on any atom is 0.338 e. The number of rotatable bonds is 5. The molecule has 1 saturated heterocycles. The Bertz CT molecular complexity index is 845. The average molecular weight is 371 g/mol. The Morgan fingerprint density at radius 3 is 2.32 bits per heavy atom. The number of hydrogen-bond acceptors (Lipinski definition) is 5. The van der Waals surface area contributed by atoms with Crippen LogP contribution in [0.25, 0.3) is 0 Å². The zero-order chi connectivity index (χ0) is 18.5. The van der Waals surface area contributed by atoms with Gasteiger partial charge in [-0.15, -0.1) is 0 Å². The molecular formula is C15H18FN3O5S. The van der Waals surface area contributed by atoms with Crippen molar-refractivity contribution in [2.75, 3.05) is 32.1 Å². The Morgan fingerprint density at radius 2 is 1.80 bits per heavy atom. The summed E-state index contributed by atoms with van der Waals surface area (Å²) >= 11 is 0. The number of carbonyl (C=O) groups excluding carboxylic acids is 1. The second kappa shape index (κ2) is 5.95. The van der Waals surface area contributed by atoms with Crippen molar-refractivity contribution in [2.24, 2.45) is 11.8 Å². The number of halogens is 1. The number of hydrogen-bond donors (Lipinski definition) is 2. The van der Waals surface area contributed by atoms with Crippen LogP contribution in [0.3, 0.4) is 0 Å². The highest BCUT2D eigenvalue weighted by molar-refractivity contribution is 7.87. The van der Waals surface area contributed by atoms with Gasteiger partial charge in [0.25, 0.3) is 5.91 Å². The van der Waals surface area contributed by atoms with Crippen LogP contribution in [0.1, 0.15) is 27.1 Å². The normalized spacial score (nSPS) is 22.0. The third-order valence-electron chi connectivity index (χ3n) is 4.59. The van der Waals surface area contributed by atoms with Crippen LogP contribution in [0.5, 0.6) is 0 Å². The molecule has 0 bridgehead atoms. The standard InChI is InChI=1S/C15H18FN3O5S/c1-18(2)25(23,24)17-14(20)11-4-3-10(15(21)22)12(16)13(11)19-6-8-5-9(8)7-19/h3-4,8-9H,5-7H2,1-2H3,(H,17,20)(H,21,22). The van der Waals surface area contributed by atoms with E-state index in [2.05, 4.69) is 0 Å². The fourth-order valence-corrected chi connectivity index (χ4v) is 3.59. The van der Waals surface area contributed by atoms with E-state index in [-0.39, 0.29) is 11.3 Å². The number of carbonyl (C=O) groups is 2. The SMILES string of the molecule is CN(C)S(=O)(=O)NC(=O)c1ccc(C(=O)O)c(F)c1N1CC2CC2C1. The monoisotopic (exact) mass is 371 g/mol. The highest BCUT2D eigenvalue weighted by Crippen LogP contribution is 2.47. The van der Waals surface area contributed by atoms with Gasteiger partial charge in [-0.3, -0.25) is 4.79 Å². The first-order valence-corrected chi connectivity index (χ1v) is 9.11. The quantitative estimate of drug-likeness (QED) is 0.781. The summed E-state index contributed by atoms with van der Waals surface area (Å²) in [6.45, 7) is 1.04. The van der Waals surface area contributed by atoms with Crippen molar-refractivity contribution < 1.29 is 27.5 Å². The number of nitrogens with one attached hydrogen (secondary N) is 1. The molecule has 10 heteroatoms. The molecule has 1 aromatic rings. The second-order valence-corrected chi connectivity index (χ2v) is 8.39. The topological polar surface area (TPSA) is 107 Å². The van der Waals surface area contributed by atoms with Crippen LogP contribution in [0, 0.1) is 17.7 Å². The van der Waals surface area contributed by atoms with Crippen molar-refractivity contribution in [2.45, 2.75) is 6.42 Å². The molecule has 1 aliphatic heterocycles. The summed E-state index contributed by atoms with van der Waals surface area (Å²) in [4.78, 5) is 25.2. The first kappa shape index (κ1) is 17.6. The number of fused-ring (bicyclic) bond motifs is 1. The van der Waals surface area contributed by atoms with Gasteiger partial charge in [0, 0.05) is 27.2 Å². The summed E-state index contributed by atoms with van der Waals surface area (Å²) < 4.78 is 41.2. The van der Waals surface area contributed by atoms with E-state index in [9.17, 15) is 22.4 Å². The molecule has 2 aliphatic rings. The average Bonchev–Trinajstić information content (AvgIpc) is 3.11. The van der Waals surface area contributed by atoms with E-state index in [0.29, 0.717) is 24.9 Å². The van der Waals surface area contributed by atoms with Gasteiger partial charge < -0.3 is 10.0 Å². The van der Waals surface area contributed by atoms with Crippen molar-refractivity contribution in [3.63, 3.8) is 0 Å². The molecule has 1 aromatic carbocycles. The number of carboxylic acids is 1. The Kier molecular flexibility index (Phi) is 4.20. The largest absolute Gasteiger partial charge is 0.478 e. The molecule has 0 radical (unpaired) electrons. The number of aromatic carboxylic acids is 1. The van der Waals surface area contributed by atoms with Crippen molar-refractivity contribution in [1.82, 2.24) is 9.03 Å². The van der Waals surface area contributed by atoms with Gasteiger partial charge >= 0.3 is 16.2 Å². The predicted molar refractivity (Wildman–Crippen MR) is 87.2 cm³/mol. The van der Waals surface area contributed by atoms with Crippen molar-refractivity contribution in [3.05, 3.63) is 29.1 Å². The summed E-state index contributed by atoms with van der Waals surface area (Å²) in [6.07, 6.45) is 1.03. The van der Waals surface area contributed by atoms with Gasteiger partial charge in [-0.1, -0.05) is 0 Å². The van der Waals surface area contributed by atoms with Crippen LogP contribution >= 0.6 is 0 Å². The van der Waals surface area contributed by atoms with Crippen LogP contribution in [0.15, 0.2) is 12.1 Å². The lowest BCUT2D eigenvalue weighted by atomic mass is 10.1. The molecule has 2 unspecified atom stereocenters. The van der Waals surface area contributed by atoms with E-state index in [1.165, 1.54) is 14.1 Å². The van der Waals surface area contributed by atoms with Gasteiger partial charge in [0.15, 0.2) is 5.82 Å². The van der Waals surface area contributed by atoms with Gasteiger partial charge in [0.1, 0.15) is 0 Å². The number of nitrogens with zero attached hydrogens (tertiary/aromatic N) is 2. The van der Waals surface area contributed by atoms with Crippen LogP contribution < -0.4 is 9.62 Å². The highest BCUT2D eigenvalue weighted by atomic mass is 32.2. The molecule has 1 aliphatic carbocycles. The van der Waals surface area contributed by atoms with Gasteiger partial charge in [-0.2, -0.15) is 12.7 Å². The third-order valence-corrected chi connectivity index (χ3v) is 5.99. The molecule has 1 heterocycles. The minimum absolute atomic E-state index is 0.154. The molecule has 2 fully saturated rings. The molecule has 3 rings (SSSR count). The molecule has 0 spiro atoms. The fraction of sp³-hybridized carbons (Fsp3) is 0.467. The molecule has 25 heavy (non-hydrogen) atoms. The van der Waals surface area contributed by atoms with E-state index in [1.54, 1.807) is 4.90 Å². The smallest absolute Gasteiger partial charge is 0.338 e. The zero-order valence-corrected chi connectivity index (χ0v) is 14.5. The fourth-order valence-electron chi connectivity index (χ4n) is 3.07. The predicted octanol–water partition coefficient (Wildman–Crippen LogP) is 0.516. The first-order valence-electron chi connectivity index (χ1n) is 7.67. The van der Waals surface area contributed by atoms with Crippen molar-refractivity contribution in [1.29, 1.82) is 0 Å². The zero-order valence-electron chi connectivity index (χ0n) is 13.7. The van der Waals surface area contributed by atoms with E-state index in [4.69, 9.17) is 5.11 Å². The van der Waals surface area contributed by atoms with Crippen LogP contribution in [0.2, 0.25) is 0 Å². The molecule has 2 N–H and O–H groups in total. The van der Waals surface area contributed by atoms with E-state index in [1.807, 2.05) is 4.72 Å². The van der Waals surface area contributed by atoms with Crippen molar-refractivity contribution >= 4 is 27.8 Å². The highest BCUT2D eigenvalue weighted by Gasteiger charge is 2.46. The number of carboxylic acid groups (broad SMARTS) is 1. The Morgan fingerprint density at radius 1 is 1.24 bits per heavy atom. The van der Waals surface area contributed by atoms with Gasteiger partial charge in [-0.25, -0.2) is 13.9 Å². The van der Waals surface area contributed by atoms with Crippen LogP contribution in [-0.4, -0.2) is 56.9 Å². The third kappa shape index (κ3) is 3.19.